The molecule has 2 aliphatic heterocycles. The number of carbonyl (C=O) groups is 3. The topological polar surface area (TPSA) is 123 Å². The minimum Gasteiger partial charge on any atom is -0.504 e. The first kappa shape index (κ1) is 29.6. The van der Waals surface area contributed by atoms with Crippen LogP contribution in [0.1, 0.15) is 57.9 Å². The van der Waals surface area contributed by atoms with Crippen LogP contribution in [0.4, 0.5) is 4.79 Å². The number of carbonyl (C=O) groups excluding carboxylic acids is 3. The summed E-state index contributed by atoms with van der Waals surface area (Å²) in [5.41, 5.74) is 4.17. The molecular formula is C28H35BINO8. The number of imide groups is 3. The lowest BCUT2D eigenvalue weighted by Crippen LogP contribution is -2.46. The Hall–Kier alpha value is -2.38. The number of hydrogen-bond acceptors (Lipinski definition) is 8. The van der Waals surface area contributed by atoms with Gasteiger partial charge >= 0.3 is 13.2 Å². The van der Waals surface area contributed by atoms with E-state index >= 15 is 0 Å². The summed E-state index contributed by atoms with van der Waals surface area (Å²) in [6, 6.07) is 3.69. The number of nitrogens with zero attached hydrogens (tertiary/aromatic N) is 1. The Bertz CT molecular complexity index is 1210. The van der Waals surface area contributed by atoms with Crippen molar-refractivity contribution in [2.75, 3.05) is 14.2 Å². The highest BCUT2D eigenvalue weighted by molar-refractivity contribution is 14.1. The summed E-state index contributed by atoms with van der Waals surface area (Å²) in [5.74, 6) is -2.25. The van der Waals surface area contributed by atoms with Crippen molar-refractivity contribution in [3.05, 3.63) is 38.0 Å². The van der Waals surface area contributed by atoms with Crippen molar-refractivity contribution in [3.8, 4) is 11.5 Å². The summed E-state index contributed by atoms with van der Waals surface area (Å²) in [4.78, 5) is 39.3. The van der Waals surface area contributed by atoms with Gasteiger partial charge in [0.25, 0.3) is 0 Å². The van der Waals surface area contributed by atoms with E-state index in [0.29, 0.717) is 33.5 Å². The summed E-state index contributed by atoms with van der Waals surface area (Å²) in [7, 11) is 1.60. The first-order chi connectivity index (χ1) is 18.6. The van der Waals surface area contributed by atoms with Gasteiger partial charge < -0.3 is 24.3 Å². The van der Waals surface area contributed by atoms with Crippen LogP contribution in [0, 0.1) is 21.3 Å². The van der Waals surface area contributed by atoms with Crippen LogP contribution < -0.4 is 4.74 Å². The number of hydrogen-bond donors (Lipinski definition) is 2. The highest BCUT2D eigenvalue weighted by atomic mass is 127. The largest absolute Gasteiger partial charge is 0.504 e. The van der Waals surface area contributed by atoms with Crippen molar-refractivity contribution < 1.29 is 38.6 Å². The van der Waals surface area contributed by atoms with E-state index in [9.17, 15) is 24.5 Å². The molecule has 3 aliphatic rings. The molecule has 4 atom stereocenters. The average molecular weight is 651 g/mol. The summed E-state index contributed by atoms with van der Waals surface area (Å²) in [5, 5.41) is 20.9. The second-order valence-electron chi connectivity index (χ2n) is 10.3. The Labute approximate surface area is 242 Å². The molecule has 4 rings (SSSR count). The number of halogens is 1. The number of methoxy groups -OCH3 is 2. The number of amides is 3. The number of likely N-dealkylation sites (tertiary alicyclic amines) is 1. The summed E-state index contributed by atoms with van der Waals surface area (Å²) in [6.45, 7) is 4.14. The van der Waals surface area contributed by atoms with E-state index in [0.717, 1.165) is 48.7 Å². The van der Waals surface area contributed by atoms with Gasteiger partial charge in [0.1, 0.15) is 0 Å². The molecule has 1 aromatic carbocycles. The molecule has 2 N–H and O–H groups in total. The number of benzene rings is 1. The molecule has 0 saturated carbocycles. The molecule has 9 nitrogen and oxygen atoms in total. The zero-order chi connectivity index (χ0) is 28.4. The third-order valence-electron chi connectivity index (χ3n) is 8.04. The zero-order valence-electron chi connectivity index (χ0n) is 22.7. The lowest BCUT2D eigenvalue weighted by atomic mass is 9.58. The molecule has 210 valence electrons. The highest BCUT2D eigenvalue weighted by Gasteiger charge is 2.59. The lowest BCUT2D eigenvalue weighted by molar-refractivity contribution is -0.137. The minimum absolute atomic E-state index is 0.112. The predicted molar refractivity (Wildman–Crippen MR) is 154 cm³/mol. The number of phenols is 1. The zero-order valence-corrected chi connectivity index (χ0v) is 24.9. The van der Waals surface area contributed by atoms with Crippen LogP contribution in [0.15, 0.2) is 28.9 Å². The van der Waals surface area contributed by atoms with Crippen LogP contribution >= 0.6 is 22.6 Å². The second-order valence-corrected chi connectivity index (χ2v) is 11.5. The fraction of sp³-hybridized carbons (Fsp3) is 0.536. The molecule has 2 heterocycles. The highest BCUT2D eigenvalue weighted by Crippen LogP contribution is 2.51. The van der Waals surface area contributed by atoms with Gasteiger partial charge in [-0.15, -0.1) is 0 Å². The molecule has 0 radical (unpaired) electrons. The van der Waals surface area contributed by atoms with Crippen LogP contribution in [-0.4, -0.2) is 60.4 Å². The standard InChI is InChI=1S/C28H35BINO8/c1-5-7-17-13-18-24(27(34)31(26(18)33)28(35)38-4)19-14-29(36)39-21(23(17)19)9-8-15(6-2)10-16-11-20(30)25(32)22(12-16)37-3/h10-12,18-19,21,24,32,36H,5-9,13-14H2,1-4H3/b15-10+/t18-,19+,21-,24-/m1/s1. The number of aromatic hydroxyl groups is 1. The first-order valence-electron chi connectivity index (χ1n) is 13.4. The predicted octanol–water partition coefficient (Wildman–Crippen LogP) is 4.94. The number of allylic oxidation sites excluding steroid dienone is 2. The monoisotopic (exact) mass is 651 g/mol. The van der Waals surface area contributed by atoms with E-state index in [1.54, 1.807) is 6.07 Å². The van der Waals surface area contributed by atoms with Crippen LogP contribution in [-0.2, 0) is 19.0 Å². The number of fused-ring (bicyclic) bond motifs is 3. The molecule has 1 aliphatic carbocycles. The Morgan fingerprint density at radius 1 is 1.23 bits per heavy atom. The van der Waals surface area contributed by atoms with Gasteiger partial charge in [-0.1, -0.05) is 37.5 Å². The number of phenolic OH excluding ortho intramolecular Hbond substituents is 1. The van der Waals surface area contributed by atoms with E-state index in [-0.39, 0.29) is 18.0 Å². The van der Waals surface area contributed by atoms with Gasteiger partial charge in [0.2, 0.25) is 11.8 Å². The van der Waals surface area contributed by atoms with Crippen molar-refractivity contribution in [2.24, 2.45) is 17.8 Å². The third kappa shape index (κ3) is 5.76. The maximum absolute atomic E-state index is 13.3. The molecule has 39 heavy (non-hydrogen) atoms. The van der Waals surface area contributed by atoms with Crippen LogP contribution in [0.25, 0.3) is 6.08 Å². The Morgan fingerprint density at radius 2 is 1.97 bits per heavy atom. The molecule has 0 aromatic heterocycles. The van der Waals surface area contributed by atoms with Crippen molar-refractivity contribution in [3.63, 3.8) is 0 Å². The van der Waals surface area contributed by atoms with E-state index in [1.165, 1.54) is 7.11 Å². The molecular weight excluding hydrogens is 616 g/mol. The van der Waals surface area contributed by atoms with Gasteiger partial charge in [-0.25, -0.2) is 4.79 Å². The van der Waals surface area contributed by atoms with Crippen molar-refractivity contribution in [1.29, 1.82) is 0 Å². The lowest BCUT2D eigenvalue weighted by Gasteiger charge is -2.43. The molecule has 0 spiro atoms. The van der Waals surface area contributed by atoms with Gasteiger partial charge in [0, 0.05) is 0 Å². The fourth-order valence-corrected chi connectivity index (χ4v) is 6.93. The molecule has 0 bridgehead atoms. The van der Waals surface area contributed by atoms with Crippen molar-refractivity contribution in [1.82, 2.24) is 4.90 Å². The Balaban J connectivity index is 1.63. The maximum atomic E-state index is 13.3. The molecule has 1 aromatic rings. The molecule has 2 fully saturated rings. The minimum atomic E-state index is -1.07. The smallest absolute Gasteiger partial charge is 0.455 e. The van der Waals surface area contributed by atoms with Gasteiger partial charge in [-0.2, -0.15) is 4.90 Å². The molecule has 2 saturated heterocycles. The van der Waals surface area contributed by atoms with Gasteiger partial charge in [-0.3, -0.25) is 9.59 Å². The maximum Gasteiger partial charge on any atom is 0.455 e. The average Bonchev–Trinajstić information content (AvgIpc) is 3.16. The summed E-state index contributed by atoms with van der Waals surface area (Å²) in [6.07, 6.45) is 5.03. The molecule has 3 amide bonds. The van der Waals surface area contributed by atoms with Crippen molar-refractivity contribution >= 4 is 53.7 Å². The van der Waals surface area contributed by atoms with E-state index < -0.39 is 43.0 Å². The van der Waals surface area contributed by atoms with Gasteiger partial charge in [0.15, 0.2) is 11.5 Å². The summed E-state index contributed by atoms with van der Waals surface area (Å²) < 4.78 is 16.8. The normalized spacial score (nSPS) is 25.1. The van der Waals surface area contributed by atoms with Crippen LogP contribution in [0.3, 0.4) is 0 Å². The first-order valence-corrected chi connectivity index (χ1v) is 14.5. The van der Waals surface area contributed by atoms with E-state index in [4.69, 9.17) is 14.1 Å². The van der Waals surface area contributed by atoms with Crippen LogP contribution in [0.5, 0.6) is 11.5 Å². The Kier molecular flexibility index (Phi) is 9.43. The van der Waals surface area contributed by atoms with Gasteiger partial charge in [0.05, 0.1) is 35.7 Å². The second kappa shape index (κ2) is 12.4. The summed E-state index contributed by atoms with van der Waals surface area (Å²) >= 11 is 2.07. The van der Waals surface area contributed by atoms with Crippen LogP contribution in [0.2, 0.25) is 6.32 Å². The third-order valence-corrected chi connectivity index (χ3v) is 8.86. The van der Waals surface area contributed by atoms with Crippen molar-refractivity contribution in [2.45, 2.75) is 64.8 Å². The van der Waals surface area contributed by atoms with E-state index in [1.807, 2.05) is 6.07 Å². The van der Waals surface area contributed by atoms with Gasteiger partial charge in [-0.05, 0) is 90.2 Å². The molecule has 0 unspecified atom stereocenters. The quantitative estimate of drug-likeness (QED) is 0.176. The Morgan fingerprint density at radius 3 is 2.62 bits per heavy atom. The fourth-order valence-electron chi connectivity index (χ4n) is 6.31. The SMILES string of the molecule is CCCC1=C2[C@@H](CC/C(=C/c3cc(I)c(O)c(OC)c3)CC)OB(O)C[C@@H]2[C@@H]2C(=O)N(C(=O)OC)C(=O)[C@@H]2C1. The number of rotatable bonds is 8. The number of ether oxygens (including phenoxy) is 2. The molecule has 11 heteroatoms. The van der Waals surface area contributed by atoms with E-state index in [2.05, 4.69) is 42.5 Å².